The average molecular weight is 424 g/mol. The highest BCUT2D eigenvalue weighted by Gasteiger charge is 2.11. The van der Waals surface area contributed by atoms with Gasteiger partial charge in [-0.1, -0.05) is 24.3 Å². The normalized spacial score (nSPS) is 15.2. The summed E-state index contributed by atoms with van der Waals surface area (Å²) in [4.78, 5) is 12.1. The second kappa shape index (κ2) is 10.8. The number of halogens is 2. The highest BCUT2D eigenvalue weighted by atomic mass is 19.1. The van der Waals surface area contributed by atoms with E-state index in [0.29, 0.717) is 5.56 Å². The molecule has 0 aromatic heterocycles. The third-order valence-electron chi connectivity index (χ3n) is 5.27. The molecule has 1 amide bonds. The summed E-state index contributed by atoms with van der Waals surface area (Å²) in [5, 5.41) is 5.84. The maximum absolute atomic E-state index is 13.1. The highest BCUT2D eigenvalue weighted by molar-refractivity contribution is 5.97. The molecule has 1 aliphatic heterocycles. The topological polar surface area (TPSA) is 67.2 Å². The summed E-state index contributed by atoms with van der Waals surface area (Å²) in [6.45, 7) is 3.16. The first-order valence-electron chi connectivity index (χ1n) is 10.3. The van der Waals surface area contributed by atoms with Crippen molar-refractivity contribution in [3.63, 3.8) is 0 Å². The number of rotatable bonds is 4. The van der Waals surface area contributed by atoms with Crippen LogP contribution in [0.3, 0.4) is 0 Å². The van der Waals surface area contributed by atoms with Crippen LogP contribution >= 0.6 is 0 Å². The lowest BCUT2D eigenvalue weighted by Gasteiger charge is -2.10. The second-order valence-corrected chi connectivity index (χ2v) is 7.49. The molecule has 4 rings (SSSR count). The van der Waals surface area contributed by atoms with Crippen LogP contribution in [-0.2, 0) is 0 Å². The highest BCUT2D eigenvalue weighted by Crippen LogP contribution is 2.29. The van der Waals surface area contributed by atoms with Crippen LogP contribution in [0.2, 0.25) is 0 Å². The number of carbonyl (C=O) groups excluding carboxylic acids is 1. The van der Waals surface area contributed by atoms with Gasteiger partial charge in [0, 0.05) is 12.6 Å². The van der Waals surface area contributed by atoms with Gasteiger partial charge in [0.15, 0.2) is 0 Å². The number of nitrogens with one attached hydrogen (secondary N) is 2. The summed E-state index contributed by atoms with van der Waals surface area (Å²) >= 11 is 0. The maximum atomic E-state index is 13.1. The van der Waals surface area contributed by atoms with E-state index in [2.05, 4.69) is 10.6 Å². The summed E-state index contributed by atoms with van der Waals surface area (Å²) in [6.07, 6.45) is 1.27. The molecule has 4 nitrogen and oxygen atoms in total. The fourth-order valence-electron chi connectivity index (χ4n) is 3.44. The molecule has 1 fully saturated rings. The molecular weight excluding hydrogens is 396 g/mol. The first kappa shape index (κ1) is 22.6. The number of benzene rings is 3. The van der Waals surface area contributed by atoms with E-state index in [0.717, 1.165) is 41.3 Å². The monoisotopic (exact) mass is 423 g/mol. The molecule has 0 aliphatic carbocycles. The quantitative estimate of drug-likeness (QED) is 0.589. The van der Waals surface area contributed by atoms with E-state index in [1.54, 1.807) is 43.4 Å². The molecule has 1 heterocycles. The molecule has 0 spiro atoms. The van der Waals surface area contributed by atoms with E-state index < -0.39 is 0 Å². The Labute approximate surface area is 181 Å². The molecule has 1 aliphatic rings. The van der Waals surface area contributed by atoms with Gasteiger partial charge in [0.2, 0.25) is 0 Å². The van der Waals surface area contributed by atoms with Crippen LogP contribution in [0.5, 0.6) is 0 Å². The van der Waals surface area contributed by atoms with Crippen LogP contribution in [0.15, 0.2) is 66.7 Å². The van der Waals surface area contributed by atoms with Crippen LogP contribution < -0.4 is 16.4 Å². The fraction of sp³-hybridized carbons (Fsp3) is 0.240. The predicted octanol–water partition coefficient (Wildman–Crippen LogP) is 4.21. The Bertz CT molecular complexity index is 935. The van der Waals surface area contributed by atoms with Crippen LogP contribution in [0, 0.1) is 17.6 Å². The summed E-state index contributed by atoms with van der Waals surface area (Å²) in [6, 6.07) is 17.5. The van der Waals surface area contributed by atoms with Gasteiger partial charge in [0.05, 0.1) is 0 Å². The first-order valence-corrected chi connectivity index (χ1v) is 10.3. The smallest absolute Gasteiger partial charge is 0.251 e. The largest absolute Gasteiger partial charge is 0.355 e. The van der Waals surface area contributed by atoms with Crippen molar-refractivity contribution in [2.24, 2.45) is 11.7 Å². The lowest BCUT2D eigenvalue weighted by Crippen LogP contribution is -2.17. The Hall–Kier alpha value is -3.09. The van der Waals surface area contributed by atoms with Crippen molar-refractivity contribution >= 4 is 5.91 Å². The maximum Gasteiger partial charge on any atom is 0.251 e. The summed E-state index contributed by atoms with van der Waals surface area (Å²) < 4.78 is 26.3. The van der Waals surface area contributed by atoms with Crippen LogP contribution in [0.1, 0.15) is 16.8 Å². The van der Waals surface area contributed by atoms with Crippen molar-refractivity contribution in [3.8, 4) is 22.3 Å². The van der Waals surface area contributed by atoms with Gasteiger partial charge in [0.25, 0.3) is 5.91 Å². The van der Waals surface area contributed by atoms with Crippen molar-refractivity contribution in [3.05, 3.63) is 83.9 Å². The third-order valence-corrected chi connectivity index (χ3v) is 5.27. The number of amides is 1. The van der Waals surface area contributed by atoms with Crippen molar-refractivity contribution in [1.29, 1.82) is 0 Å². The van der Waals surface area contributed by atoms with Gasteiger partial charge in [-0.05, 0) is 96.7 Å². The molecule has 1 atom stereocenters. The van der Waals surface area contributed by atoms with E-state index in [-0.39, 0.29) is 17.5 Å². The SMILES string of the molecule is CNC(=O)c1cc(-c2ccc(F)cc2)cc(-c2ccc(F)cc2)c1.NCC1CCNC1. The lowest BCUT2D eigenvalue weighted by molar-refractivity contribution is 0.0963. The van der Waals surface area contributed by atoms with Crippen LogP contribution in [0.25, 0.3) is 22.3 Å². The zero-order valence-electron chi connectivity index (χ0n) is 17.5. The Morgan fingerprint density at radius 3 is 1.81 bits per heavy atom. The van der Waals surface area contributed by atoms with E-state index in [1.807, 2.05) is 6.07 Å². The van der Waals surface area contributed by atoms with Gasteiger partial charge >= 0.3 is 0 Å². The van der Waals surface area contributed by atoms with Gasteiger partial charge in [-0.25, -0.2) is 8.78 Å². The van der Waals surface area contributed by atoms with Crippen LogP contribution in [0.4, 0.5) is 8.78 Å². The van der Waals surface area contributed by atoms with Crippen molar-refractivity contribution in [1.82, 2.24) is 10.6 Å². The molecular formula is C25H27F2N3O. The minimum absolute atomic E-state index is 0.220. The Morgan fingerprint density at radius 2 is 1.45 bits per heavy atom. The Morgan fingerprint density at radius 1 is 0.935 bits per heavy atom. The van der Waals surface area contributed by atoms with E-state index >= 15 is 0 Å². The fourth-order valence-corrected chi connectivity index (χ4v) is 3.44. The predicted molar refractivity (Wildman–Crippen MR) is 121 cm³/mol. The van der Waals surface area contributed by atoms with Gasteiger partial charge in [-0.3, -0.25) is 4.79 Å². The van der Waals surface area contributed by atoms with Crippen molar-refractivity contribution in [2.45, 2.75) is 6.42 Å². The molecule has 6 heteroatoms. The summed E-state index contributed by atoms with van der Waals surface area (Å²) in [5.41, 5.74) is 9.05. The second-order valence-electron chi connectivity index (χ2n) is 7.49. The van der Waals surface area contributed by atoms with Crippen molar-refractivity contribution in [2.75, 3.05) is 26.7 Å². The zero-order chi connectivity index (χ0) is 22.2. The molecule has 0 bridgehead atoms. The molecule has 0 radical (unpaired) electrons. The number of carbonyl (C=O) groups is 1. The van der Waals surface area contributed by atoms with Gasteiger partial charge in [-0.15, -0.1) is 0 Å². The van der Waals surface area contributed by atoms with Gasteiger partial charge in [0.1, 0.15) is 11.6 Å². The number of hydrogen-bond acceptors (Lipinski definition) is 3. The Balaban J connectivity index is 0.000000330. The minimum Gasteiger partial charge on any atom is -0.355 e. The molecule has 0 saturated carbocycles. The summed E-state index contributed by atoms with van der Waals surface area (Å²) in [7, 11) is 1.56. The Kier molecular flexibility index (Phi) is 7.87. The number of nitrogens with two attached hydrogens (primary N) is 1. The molecule has 1 unspecified atom stereocenters. The van der Waals surface area contributed by atoms with Crippen LogP contribution in [-0.4, -0.2) is 32.6 Å². The molecule has 3 aromatic carbocycles. The van der Waals surface area contributed by atoms with Gasteiger partial charge in [-0.2, -0.15) is 0 Å². The molecule has 1 saturated heterocycles. The van der Waals surface area contributed by atoms with E-state index in [4.69, 9.17) is 5.73 Å². The lowest BCUT2D eigenvalue weighted by atomic mass is 9.96. The van der Waals surface area contributed by atoms with Crippen molar-refractivity contribution < 1.29 is 13.6 Å². The first-order chi connectivity index (χ1) is 15.0. The zero-order valence-corrected chi connectivity index (χ0v) is 17.5. The minimum atomic E-state index is -0.319. The van der Waals surface area contributed by atoms with Gasteiger partial charge < -0.3 is 16.4 Å². The molecule has 162 valence electrons. The standard InChI is InChI=1S/C20H15F2NO.C5H12N2/c1-23-20(24)17-11-15(13-2-6-18(21)7-3-13)10-16(12-17)14-4-8-19(22)9-5-14;6-3-5-1-2-7-4-5/h2-12H,1H3,(H,23,24);5,7H,1-4,6H2. The summed E-state index contributed by atoms with van der Waals surface area (Å²) in [5.74, 6) is -0.0951. The molecule has 31 heavy (non-hydrogen) atoms. The average Bonchev–Trinajstić information content (AvgIpc) is 3.34. The van der Waals surface area contributed by atoms with E-state index in [1.165, 1.54) is 37.2 Å². The molecule has 3 aromatic rings. The molecule has 4 N–H and O–H groups in total. The van der Waals surface area contributed by atoms with E-state index in [9.17, 15) is 13.6 Å². The number of hydrogen-bond donors (Lipinski definition) is 3. The third kappa shape index (κ3) is 6.20.